The van der Waals surface area contributed by atoms with Crippen molar-refractivity contribution >= 4 is 31.6 Å². The van der Waals surface area contributed by atoms with Crippen LogP contribution in [0.25, 0.3) is 10.2 Å². The summed E-state index contributed by atoms with van der Waals surface area (Å²) in [4.78, 5) is 4.78. The number of benzene rings is 2. The fourth-order valence-corrected chi connectivity index (χ4v) is 5.99. The summed E-state index contributed by atoms with van der Waals surface area (Å²) in [6, 6.07) is 8.75. The number of aromatic nitrogens is 1. The van der Waals surface area contributed by atoms with Crippen LogP contribution < -0.4 is 4.74 Å². The van der Waals surface area contributed by atoms with Crippen LogP contribution in [0.3, 0.4) is 0 Å². The molecule has 0 aliphatic heterocycles. The maximum absolute atomic E-state index is 13.2. The number of nitrogens with zero attached hydrogens (tertiary/aromatic N) is 2. The molecule has 0 amide bonds. The van der Waals surface area contributed by atoms with E-state index in [1.165, 1.54) is 22.7 Å². The molecular formula is C20H24N2O5S2. The first kappa shape index (κ1) is 21.7. The van der Waals surface area contributed by atoms with Gasteiger partial charge in [0.25, 0.3) is 0 Å². The van der Waals surface area contributed by atoms with Gasteiger partial charge < -0.3 is 14.9 Å². The minimum absolute atomic E-state index is 0.0985. The third-order valence-electron chi connectivity index (χ3n) is 4.72. The topological polar surface area (TPSA) is 100.0 Å². The molecule has 0 radical (unpaired) electrons. The van der Waals surface area contributed by atoms with Gasteiger partial charge in [-0.2, -0.15) is 4.31 Å². The lowest BCUT2D eigenvalue weighted by molar-refractivity contribution is 0.0966. The van der Waals surface area contributed by atoms with Crippen molar-refractivity contribution in [2.75, 3.05) is 20.8 Å². The molecule has 0 aliphatic carbocycles. The Morgan fingerprint density at radius 2 is 1.90 bits per heavy atom. The number of methoxy groups -OCH3 is 1. The zero-order valence-electron chi connectivity index (χ0n) is 16.7. The van der Waals surface area contributed by atoms with E-state index in [0.29, 0.717) is 33.0 Å². The van der Waals surface area contributed by atoms with Gasteiger partial charge in [0.05, 0.1) is 35.4 Å². The van der Waals surface area contributed by atoms with E-state index in [-0.39, 0.29) is 11.4 Å². The molecule has 0 bridgehead atoms. The molecule has 156 valence electrons. The van der Waals surface area contributed by atoms with Crippen molar-refractivity contribution in [3.8, 4) is 5.75 Å². The predicted molar refractivity (Wildman–Crippen MR) is 113 cm³/mol. The molecule has 7 nitrogen and oxygen atoms in total. The molecule has 0 saturated carbocycles. The summed E-state index contributed by atoms with van der Waals surface area (Å²) < 4.78 is 33.7. The van der Waals surface area contributed by atoms with Crippen LogP contribution in [0, 0.1) is 13.8 Å². The van der Waals surface area contributed by atoms with Gasteiger partial charge in [-0.15, -0.1) is 11.3 Å². The third-order valence-corrected chi connectivity index (χ3v) is 7.84. The average molecular weight is 437 g/mol. The highest BCUT2D eigenvalue weighted by Gasteiger charge is 2.26. The standard InChI is InChI=1S/C20H24N2O5S2/c1-12-8-14(27-4)9-13(2)20(12)29(25,26)22(3)10-18-21-19-15(16(24)11-23)6-5-7-17(19)28-18/h5-9,16,23-24H,10-11H2,1-4H3. The number of aliphatic hydroxyl groups excluding tert-OH is 2. The quantitative estimate of drug-likeness (QED) is 0.591. The Morgan fingerprint density at radius 3 is 2.48 bits per heavy atom. The summed E-state index contributed by atoms with van der Waals surface area (Å²) in [5.74, 6) is 0.614. The number of aryl methyl sites for hydroxylation is 2. The first-order valence-electron chi connectivity index (χ1n) is 8.97. The summed E-state index contributed by atoms with van der Waals surface area (Å²) in [6.07, 6.45) is -1.03. The summed E-state index contributed by atoms with van der Waals surface area (Å²) in [5.41, 5.74) is 2.34. The first-order chi connectivity index (χ1) is 13.7. The van der Waals surface area contributed by atoms with E-state index in [4.69, 9.17) is 4.74 Å². The molecule has 2 aromatic carbocycles. The van der Waals surface area contributed by atoms with E-state index < -0.39 is 22.7 Å². The average Bonchev–Trinajstić information content (AvgIpc) is 3.08. The molecule has 29 heavy (non-hydrogen) atoms. The van der Waals surface area contributed by atoms with E-state index in [1.54, 1.807) is 45.2 Å². The Balaban J connectivity index is 1.95. The lowest BCUT2D eigenvalue weighted by Crippen LogP contribution is -2.27. The number of para-hydroxylation sites is 1. The first-order valence-corrected chi connectivity index (χ1v) is 11.2. The number of thiazole rings is 1. The summed E-state index contributed by atoms with van der Waals surface area (Å²) in [6.45, 7) is 3.19. The molecule has 3 rings (SSSR count). The van der Waals surface area contributed by atoms with E-state index in [1.807, 2.05) is 6.07 Å². The highest BCUT2D eigenvalue weighted by atomic mass is 32.2. The SMILES string of the molecule is COc1cc(C)c(S(=O)(=O)N(C)Cc2nc3c(C(O)CO)cccc3s2)c(C)c1. The van der Waals surface area contributed by atoms with Crippen molar-refractivity contribution in [3.63, 3.8) is 0 Å². The van der Waals surface area contributed by atoms with Crippen LogP contribution in [-0.4, -0.2) is 48.7 Å². The predicted octanol–water partition coefficient (Wildman–Crippen LogP) is 2.77. The minimum atomic E-state index is -3.74. The molecular weight excluding hydrogens is 412 g/mol. The zero-order chi connectivity index (χ0) is 21.3. The normalized spacial score (nSPS) is 13.2. The zero-order valence-corrected chi connectivity index (χ0v) is 18.3. The van der Waals surface area contributed by atoms with Crippen molar-refractivity contribution in [1.82, 2.24) is 9.29 Å². The molecule has 0 aliphatic rings. The number of ether oxygens (including phenoxy) is 1. The van der Waals surface area contributed by atoms with Gasteiger partial charge in [0, 0.05) is 12.6 Å². The fraction of sp³-hybridized carbons (Fsp3) is 0.350. The molecule has 2 N–H and O–H groups in total. The minimum Gasteiger partial charge on any atom is -0.497 e. The number of aliphatic hydroxyl groups is 2. The molecule has 1 unspecified atom stereocenters. The summed E-state index contributed by atoms with van der Waals surface area (Å²) >= 11 is 1.36. The van der Waals surface area contributed by atoms with Crippen LogP contribution in [0.5, 0.6) is 5.75 Å². The van der Waals surface area contributed by atoms with Crippen LogP contribution in [0.4, 0.5) is 0 Å². The Hall–Kier alpha value is -2.04. The number of hydrogen-bond donors (Lipinski definition) is 2. The second kappa shape index (κ2) is 8.37. The highest BCUT2D eigenvalue weighted by molar-refractivity contribution is 7.89. The van der Waals surface area contributed by atoms with Crippen molar-refractivity contribution in [2.45, 2.75) is 31.4 Å². The Kier molecular flexibility index (Phi) is 6.25. The van der Waals surface area contributed by atoms with Crippen molar-refractivity contribution in [2.24, 2.45) is 0 Å². The van der Waals surface area contributed by atoms with E-state index >= 15 is 0 Å². The van der Waals surface area contributed by atoms with E-state index in [2.05, 4.69) is 4.98 Å². The number of fused-ring (bicyclic) bond motifs is 1. The third kappa shape index (κ3) is 4.15. The van der Waals surface area contributed by atoms with Crippen LogP contribution in [-0.2, 0) is 16.6 Å². The highest BCUT2D eigenvalue weighted by Crippen LogP contribution is 2.31. The van der Waals surface area contributed by atoms with Gasteiger partial charge in [0.2, 0.25) is 10.0 Å². The number of hydrogen-bond acceptors (Lipinski definition) is 7. The van der Waals surface area contributed by atoms with Crippen LogP contribution in [0.1, 0.15) is 27.8 Å². The molecule has 1 atom stereocenters. The molecule has 0 spiro atoms. The number of rotatable bonds is 7. The van der Waals surface area contributed by atoms with Crippen molar-refractivity contribution in [3.05, 3.63) is 52.0 Å². The Labute approximate surface area is 174 Å². The number of sulfonamides is 1. The monoisotopic (exact) mass is 436 g/mol. The summed E-state index contributed by atoms with van der Waals surface area (Å²) in [5, 5.41) is 19.9. The molecule has 0 fully saturated rings. The van der Waals surface area contributed by atoms with Gasteiger partial charge in [-0.25, -0.2) is 13.4 Å². The second-order valence-electron chi connectivity index (χ2n) is 6.85. The maximum Gasteiger partial charge on any atom is 0.243 e. The maximum atomic E-state index is 13.2. The lowest BCUT2D eigenvalue weighted by Gasteiger charge is -2.19. The van der Waals surface area contributed by atoms with Gasteiger partial charge in [0.15, 0.2) is 0 Å². The van der Waals surface area contributed by atoms with Gasteiger partial charge in [-0.3, -0.25) is 0 Å². The fourth-order valence-electron chi connectivity index (χ4n) is 3.32. The summed E-state index contributed by atoms with van der Waals surface area (Å²) in [7, 11) is -0.670. The second-order valence-corrected chi connectivity index (χ2v) is 9.95. The molecule has 9 heteroatoms. The molecule has 3 aromatic rings. The van der Waals surface area contributed by atoms with Gasteiger partial charge in [-0.1, -0.05) is 12.1 Å². The van der Waals surface area contributed by atoms with Crippen LogP contribution >= 0.6 is 11.3 Å². The Morgan fingerprint density at radius 1 is 1.24 bits per heavy atom. The molecule has 1 aromatic heterocycles. The Bertz CT molecular complexity index is 1120. The smallest absolute Gasteiger partial charge is 0.243 e. The van der Waals surface area contributed by atoms with Crippen molar-refractivity contribution < 1.29 is 23.4 Å². The van der Waals surface area contributed by atoms with Crippen LogP contribution in [0.2, 0.25) is 0 Å². The van der Waals surface area contributed by atoms with Crippen molar-refractivity contribution in [1.29, 1.82) is 0 Å². The van der Waals surface area contributed by atoms with Crippen LogP contribution in [0.15, 0.2) is 35.2 Å². The van der Waals surface area contributed by atoms with E-state index in [0.717, 1.165) is 4.70 Å². The van der Waals surface area contributed by atoms with E-state index in [9.17, 15) is 18.6 Å². The van der Waals surface area contributed by atoms with Gasteiger partial charge >= 0.3 is 0 Å². The largest absolute Gasteiger partial charge is 0.497 e. The van der Waals surface area contributed by atoms with Gasteiger partial charge in [0.1, 0.15) is 16.9 Å². The molecule has 1 heterocycles. The van der Waals surface area contributed by atoms with Gasteiger partial charge in [-0.05, 0) is 43.2 Å². The lowest BCUT2D eigenvalue weighted by atomic mass is 10.1. The molecule has 0 saturated heterocycles.